The highest BCUT2D eigenvalue weighted by atomic mass is 127. The number of benzene rings is 3. The maximum atomic E-state index is 14.2. The van der Waals surface area contributed by atoms with Crippen molar-refractivity contribution in [2.24, 2.45) is 0 Å². The minimum atomic E-state index is -0.981. The molecule has 1 fully saturated rings. The molecule has 0 spiro atoms. The van der Waals surface area contributed by atoms with Gasteiger partial charge in [-0.2, -0.15) is 0 Å². The first-order chi connectivity index (χ1) is 17.8. The van der Waals surface area contributed by atoms with E-state index in [4.69, 9.17) is 16.3 Å². The molecule has 4 aromatic rings. The lowest BCUT2D eigenvalue weighted by Gasteiger charge is -2.24. The van der Waals surface area contributed by atoms with E-state index in [1.54, 1.807) is 28.8 Å². The summed E-state index contributed by atoms with van der Waals surface area (Å²) in [7, 11) is 0. The lowest BCUT2D eigenvalue weighted by atomic mass is 9.90. The van der Waals surface area contributed by atoms with Crippen LogP contribution in [-0.2, 0) is 22.5 Å². The molecule has 1 atom stereocenters. The molecule has 0 amide bonds. The van der Waals surface area contributed by atoms with E-state index in [2.05, 4.69) is 41.6 Å². The highest BCUT2D eigenvalue weighted by molar-refractivity contribution is 14.1. The first-order valence-corrected chi connectivity index (χ1v) is 14.3. The van der Waals surface area contributed by atoms with Gasteiger partial charge in [-0.25, -0.2) is 9.59 Å². The normalized spacial score (nSPS) is 19.8. The number of ether oxygens (including phenoxy) is 1. The van der Waals surface area contributed by atoms with Gasteiger partial charge in [0.05, 0.1) is 40.0 Å². The molecule has 6 rings (SSSR count). The molecule has 6 nitrogen and oxygen atoms in total. The second-order valence-corrected chi connectivity index (χ2v) is 11.7. The lowest BCUT2D eigenvalue weighted by Crippen LogP contribution is -2.32. The molecular formula is C29H26ClIN2O4. The molecule has 1 aliphatic carbocycles. The number of carbonyl (C=O) groups is 1. The number of nitrogens with zero attached hydrogens (tertiary/aromatic N) is 2. The number of hydrogen-bond donors (Lipinski definition) is 1. The molecule has 0 bridgehead atoms. The Balaban J connectivity index is 1.52. The summed E-state index contributed by atoms with van der Waals surface area (Å²) in [5.74, 6) is -0.981. The number of fused-ring (bicyclic) bond motifs is 2. The predicted octanol–water partition coefficient (Wildman–Crippen LogP) is 6.64. The summed E-state index contributed by atoms with van der Waals surface area (Å²) >= 11 is 8.81. The van der Waals surface area contributed by atoms with Crippen LogP contribution in [0.25, 0.3) is 16.7 Å². The van der Waals surface area contributed by atoms with Gasteiger partial charge >= 0.3 is 11.7 Å². The fourth-order valence-corrected chi connectivity index (χ4v) is 6.36. The highest BCUT2D eigenvalue weighted by Gasteiger charge is 2.49. The summed E-state index contributed by atoms with van der Waals surface area (Å²) in [6.45, 7) is 2.66. The summed E-state index contributed by atoms with van der Waals surface area (Å²) in [6.07, 6.45) is 3.54. The summed E-state index contributed by atoms with van der Waals surface area (Å²) in [4.78, 5) is 25.8. The average Bonchev–Trinajstić information content (AvgIpc) is 3.55. The maximum Gasteiger partial charge on any atom is 0.335 e. The van der Waals surface area contributed by atoms with E-state index < -0.39 is 11.5 Å². The van der Waals surface area contributed by atoms with Gasteiger partial charge in [0.15, 0.2) is 0 Å². The second-order valence-electron chi connectivity index (χ2n) is 10.2. The highest BCUT2D eigenvalue weighted by Crippen LogP contribution is 2.50. The van der Waals surface area contributed by atoms with Crippen LogP contribution in [0.1, 0.15) is 59.7 Å². The third-order valence-corrected chi connectivity index (χ3v) is 8.85. The standard InChI is InChI=1S/C29H26ClIN2O4/c1-28(10-3-13-31)23-8-7-22(15-19(23)17-37-28)32-25-16-21(30)6-9-24(25)33(27(32)36)29(11-12-29)20-5-2-4-18(14-20)26(34)35/h2,4-9,14-16H,3,10-13,17H2,1H3,(H,34,35). The SMILES string of the molecule is CC1(CCCI)OCc2cc(-n3c(=O)n(C4(c5cccc(C(=O)O)c5)CC4)c4ccc(Cl)cc43)ccc21. The number of aromatic nitrogens is 2. The van der Waals surface area contributed by atoms with Crippen molar-refractivity contribution in [1.82, 2.24) is 9.13 Å². The smallest absolute Gasteiger partial charge is 0.335 e. The van der Waals surface area contributed by atoms with E-state index in [9.17, 15) is 14.7 Å². The number of alkyl halides is 1. The number of carboxylic acids is 1. The van der Waals surface area contributed by atoms with Crippen molar-refractivity contribution in [3.8, 4) is 5.69 Å². The van der Waals surface area contributed by atoms with Crippen LogP contribution >= 0.6 is 34.2 Å². The van der Waals surface area contributed by atoms with Crippen LogP contribution in [-0.4, -0.2) is 24.6 Å². The lowest BCUT2D eigenvalue weighted by molar-refractivity contribution is -0.0296. The van der Waals surface area contributed by atoms with E-state index in [1.807, 2.05) is 28.8 Å². The van der Waals surface area contributed by atoms with Gasteiger partial charge in [-0.1, -0.05) is 52.4 Å². The van der Waals surface area contributed by atoms with Gasteiger partial charge in [-0.3, -0.25) is 9.13 Å². The van der Waals surface area contributed by atoms with E-state index >= 15 is 0 Å². The van der Waals surface area contributed by atoms with Crippen molar-refractivity contribution in [1.29, 1.82) is 0 Å². The van der Waals surface area contributed by atoms with E-state index in [1.165, 1.54) is 5.56 Å². The first kappa shape index (κ1) is 24.7. The molecule has 0 radical (unpaired) electrons. The van der Waals surface area contributed by atoms with Gasteiger partial charge < -0.3 is 9.84 Å². The molecule has 8 heteroatoms. The maximum absolute atomic E-state index is 14.2. The summed E-state index contributed by atoms with van der Waals surface area (Å²) < 4.78 is 10.9. The summed E-state index contributed by atoms with van der Waals surface area (Å²) in [5, 5.41) is 10.1. The van der Waals surface area contributed by atoms with Gasteiger partial charge in [-0.05, 0) is 96.2 Å². The first-order valence-electron chi connectivity index (χ1n) is 12.4. The number of hydrogen-bond acceptors (Lipinski definition) is 3. The Bertz CT molecular complexity index is 1620. The Kier molecular flexibility index (Phi) is 6.00. The fourth-order valence-electron chi connectivity index (χ4n) is 5.82. The van der Waals surface area contributed by atoms with Crippen molar-refractivity contribution in [2.45, 2.75) is 50.4 Å². The fraction of sp³-hybridized carbons (Fsp3) is 0.310. The van der Waals surface area contributed by atoms with Crippen LogP contribution in [0.5, 0.6) is 0 Å². The van der Waals surface area contributed by atoms with Crippen molar-refractivity contribution in [3.05, 3.63) is 98.4 Å². The Morgan fingerprint density at radius 1 is 1.11 bits per heavy atom. The zero-order chi connectivity index (χ0) is 25.9. The van der Waals surface area contributed by atoms with E-state index in [0.717, 1.165) is 58.0 Å². The summed E-state index contributed by atoms with van der Waals surface area (Å²) in [5.41, 5.74) is 4.53. The van der Waals surface area contributed by atoms with Crippen molar-refractivity contribution in [3.63, 3.8) is 0 Å². The van der Waals surface area contributed by atoms with Gasteiger partial charge in [0, 0.05) is 5.02 Å². The molecule has 2 aliphatic rings. The van der Waals surface area contributed by atoms with Crippen molar-refractivity contribution >= 4 is 51.2 Å². The average molecular weight is 629 g/mol. The Morgan fingerprint density at radius 2 is 1.92 bits per heavy atom. The molecule has 0 saturated heterocycles. The quantitative estimate of drug-likeness (QED) is 0.184. The summed E-state index contributed by atoms with van der Waals surface area (Å²) in [6, 6.07) is 18.6. The third kappa shape index (κ3) is 3.94. The molecule has 1 unspecified atom stereocenters. The van der Waals surface area contributed by atoms with Crippen LogP contribution in [0.4, 0.5) is 0 Å². The monoisotopic (exact) mass is 628 g/mol. The molecule has 1 N–H and O–H groups in total. The molecule has 37 heavy (non-hydrogen) atoms. The minimum Gasteiger partial charge on any atom is -0.478 e. The largest absolute Gasteiger partial charge is 0.478 e. The van der Waals surface area contributed by atoms with Crippen LogP contribution in [0.15, 0.2) is 65.5 Å². The number of aromatic carboxylic acids is 1. The van der Waals surface area contributed by atoms with Gasteiger partial charge in [0.2, 0.25) is 0 Å². The van der Waals surface area contributed by atoms with Crippen LogP contribution < -0.4 is 5.69 Å². The third-order valence-electron chi connectivity index (χ3n) is 7.85. The molecule has 1 saturated carbocycles. The molecule has 3 aromatic carbocycles. The Hall–Kier alpha value is -2.62. The molecule has 190 valence electrons. The zero-order valence-electron chi connectivity index (χ0n) is 20.3. The number of rotatable bonds is 7. The van der Waals surface area contributed by atoms with Crippen molar-refractivity contribution in [2.75, 3.05) is 4.43 Å². The Morgan fingerprint density at radius 3 is 2.65 bits per heavy atom. The second kappa shape index (κ2) is 8.99. The van der Waals surface area contributed by atoms with Gasteiger partial charge in [0.1, 0.15) is 0 Å². The molecule has 2 heterocycles. The van der Waals surface area contributed by atoms with E-state index in [0.29, 0.717) is 11.6 Å². The minimum absolute atomic E-state index is 0.165. The van der Waals surface area contributed by atoms with Crippen LogP contribution in [0.3, 0.4) is 0 Å². The molecule has 1 aliphatic heterocycles. The number of imidazole rings is 1. The topological polar surface area (TPSA) is 73.5 Å². The number of carboxylic acid groups (broad SMARTS) is 1. The van der Waals surface area contributed by atoms with Crippen LogP contribution in [0, 0.1) is 0 Å². The van der Waals surface area contributed by atoms with Gasteiger partial charge in [-0.15, -0.1) is 0 Å². The molecule has 1 aromatic heterocycles. The Labute approximate surface area is 233 Å². The zero-order valence-corrected chi connectivity index (χ0v) is 23.3. The molecular weight excluding hydrogens is 603 g/mol. The van der Waals surface area contributed by atoms with E-state index in [-0.39, 0.29) is 16.9 Å². The van der Waals surface area contributed by atoms with Crippen LogP contribution in [0.2, 0.25) is 5.02 Å². The predicted molar refractivity (Wildman–Crippen MR) is 153 cm³/mol. The van der Waals surface area contributed by atoms with Crippen molar-refractivity contribution < 1.29 is 14.6 Å². The van der Waals surface area contributed by atoms with Gasteiger partial charge in [0.25, 0.3) is 0 Å². The number of halogens is 2.